The highest BCUT2D eigenvalue weighted by Crippen LogP contribution is 2.18. The van der Waals surface area contributed by atoms with Gasteiger partial charge in [0.15, 0.2) is 0 Å². The summed E-state index contributed by atoms with van der Waals surface area (Å²) in [6.45, 7) is 70.5. The van der Waals surface area contributed by atoms with Crippen LogP contribution in [-0.2, 0) is 57.5 Å². The van der Waals surface area contributed by atoms with Crippen LogP contribution in [0.3, 0.4) is 0 Å². The van der Waals surface area contributed by atoms with Crippen LogP contribution in [-0.4, -0.2) is 69.4 Å². The van der Waals surface area contributed by atoms with Crippen molar-refractivity contribution >= 4 is 69.4 Å². The molecular weight excluding hydrogens is 1200 g/mol. The highest BCUT2D eigenvalue weighted by Gasteiger charge is 2.18. The van der Waals surface area contributed by atoms with E-state index in [1.54, 1.807) is 41.5 Å². The minimum atomic E-state index is -0.130. The van der Waals surface area contributed by atoms with E-state index >= 15 is 0 Å². The molecule has 0 heterocycles. The third kappa shape index (κ3) is 134. The first-order valence-corrected chi connectivity index (χ1v) is 38.0. The fourth-order valence-corrected chi connectivity index (χ4v) is 7.08. The normalized spacial score (nSPS) is 11.2. The van der Waals surface area contributed by atoms with Crippen LogP contribution in [0.1, 0.15) is 416 Å². The van der Waals surface area contributed by atoms with Gasteiger partial charge in [0.25, 0.3) is 0 Å². The molecule has 0 N–H and O–H groups in total. The Labute approximate surface area is 598 Å². The Morgan fingerprint density at radius 3 is 0.917 bits per heavy atom. The first kappa shape index (κ1) is 119. The monoisotopic (exact) mass is 1370 g/mol. The molecule has 4 atom stereocenters. The summed E-state index contributed by atoms with van der Waals surface area (Å²) in [6, 6.07) is 0. The van der Waals surface area contributed by atoms with Crippen molar-refractivity contribution < 1.29 is 57.5 Å². The zero-order chi connectivity index (χ0) is 78.9. The van der Waals surface area contributed by atoms with Crippen LogP contribution in [0.2, 0.25) is 0 Å². The second-order valence-electron chi connectivity index (χ2n) is 29.6. The lowest BCUT2D eigenvalue weighted by atomic mass is 9.90. The molecule has 0 saturated heterocycles. The molecule has 0 radical (unpaired) electrons. The van der Waals surface area contributed by atoms with Crippen molar-refractivity contribution in [2.24, 2.45) is 58.2 Å². The summed E-state index contributed by atoms with van der Waals surface area (Å²) in [7, 11) is 0. The fraction of sp³-hybridized carbons (Fsp3) is 0.857. The minimum Gasteiger partial charge on any atom is -0.300 e. The van der Waals surface area contributed by atoms with Crippen LogP contribution in [0, 0.1) is 58.2 Å². The molecule has 0 aliphatic carbocycles. The molecule has 12 nitrogen and oxygen atoms in total. The Hall–Kier alpha value is -3.96. The van der Waals surface area contributed by atoms with Crippen LogP contribution in [0.25, 0.3) is 0 Å². The topological polar surface area (TPSA) is 205 Å². The van der Waals surface area contributed by atoms with Crippen LogP contribution < -0.4 is 0 Å². The van der Waals surface area contributed by atoms with Gasteiger partial charge in [-0.3, -0.25) is 38.4 Å². The minimum absolute atomic E-state index is 0.130. The first-order chi connectivity index (χ1) is 43.9. The number of hydrogen-bond donors (Lipinski definition) is 0. The van der Waals surface area contributed by atoms with E-state index in [0.29, 0.717) is 119 Å². The van der Waals surface area contributed by atoms with Crippen molar-refractivity contribution in [3.05, 3.63) is 0 Å². The highest BCUT2D eigenvalue weighted by atomic mass is 16.2. The van der Waals surface area contributed by atoms with Gasteiger partial charge in [-0.15, -0.1) is 0 Å². The van der Waals surface area contributed by atoms with Gasteiger partial charge >= 0.3 is 0 Å². The Balaban J connectivity index is -0.0000000802. The van der Waals surface area contributed by atoms with E-state index in [0.717, 1.165) is 122 Å². The quantitative estimate of drug-likeness (QED) is 0.0552. The molecular formula is C84H168O12. The summed E-state index contributed by atoms with van der Waals surface area (Å²) in [4.78, 5) is 127. The van der Waals surface area contributed by atoms with Crippen LogP contribution in [0.15, 0.2) is 0 Å². The number of carbonyl (C=O) groups is 12. The van der Waals surface area contributed by atoms with Crippen LogP contribution in [0.4, 0.5) is 0 Å². The van der Waals surface area contributed by atoms with Crippen LogP contribution in [0.5, 0.6) is 0 Å². The van der Waals surface area contributed by atoms with Crippen LogP contribution >= 0.6 is 0 Å². The van der Waals surface area contributed by atoms with E-state index < -0.39 is 0 Å². The van der Waals surface area contributed by atoms with Gasteiger partial charge in [-0.05, 0) is 122 Å². The standard InChI is InChI=1S/12C7H14O/c1-6(8)5-7(2,3)4;1-6(2)4-5-7(3)8;1-5-6(8)7(2,3)4;1-5(2)6(3)7(4)8;1-4-6(2)5-7(3)8;1-4-7(8)5-6(2)3;1-4-5-6(2)7(3)8;1-4-5-7(8)6(2)3;1-4-6(3)7(8)5-2;1-3-4-5-6-7(2)8;1-3-5-6-7(8)4-2;1-3-5-7(8)6-4-2/h5H2,1-4H3;6H,4-5H2,1-3H3;5H2,1-4H3;5-6H,1-4H3;5*6H,4-5H2,1-3H3;3*3-6H2,1-2H3. The van der Waals surface area contributed by atoms with E-state index in [-0.39, 0.29) is 40.3 Å². The van der Waals surface area contributed by atoms with E-state index in [2.05, 4.69) is 96.9 Å². The van der Waals surface area contributed by atoms with E-state index in [4.69, 9.17) is 0 Å². The molecule has 96 heavy (non-hydrogen) atoms. The SMILES string of the molecule is CC(=O)C(C)C(C)C.CC(=O)CC(C)(C)C.CC(=O)CCC(C)C.CCC(=O)C(C)(C)C.CCC(=O)C(C)CC.CCC(=O)CC(C)C.CCC(C)CC(C)=O.CCCC(=O)C(C)C.CCCC(=O)CCC.CCCC(C)C(C)=O.CCCCC(=O)CC.CCCCCC(C)=O. The molecule has 0 aromatic heterocycles. The Morgan fingerprint density at radius 2 is 0.771 bits per heavy atom. The maximum atomic E-state index is 10.8. The number of carbonyl (C=O) groups excluding carboxylic acids is 12. The first-order valence-electron chi connectivity index (χ1n) is 38.0. The molecule has 12 heteroatoms. The zero-order valence-electron chi connectivity index (χ0n) is 70.9. The van der Waals surface area contributed by atoms with Gasteiger partial charge in [0.2, 0.25) is 0 Å². The molecule has 0 aliphatic rings. The van der Waals surface area contributed by atoms with Gasteiger partial charge in [-0.1, -0.05) is 240 Å². The lowest BCUT2D eigenvalue weighted by Gasteiger charge is -2.14. The second-order valence-corrected chi connectivity index (χ2v) is 29.6. The number of hydrogen-bond acceptors (Lipinski definition) is 12. The third-order valence-electron chi connectivity index (χ3n) is 14.5. The highest BCUT2D eigenvalue weighted by molar-refractivity contribution is 5.83. The van der Waals surface area contributed by atoms with E-state index in [1.165, 1.54) is 12.8 Å². The van der Waals surface area contributed by atoms with Crippen molar-refractivity contribution in [2.45, 2.75) is 416 Å². The molecule has 0 rings (SSSR count). The Bertz CT molecular complexity index is 1850. The van der Waals surface area contributed by atoms with Crippen molar-refractivity contribution in [3.63, 3.8) is 0 Å². The number of ketones is 12. The number of unbranched alkanes of at least 4 members (excludes halogenated alkanes) is 3. The summed E-state index contributed by atoms with van der Waals surface area (Å²) in [6.07, 6.45) is 23.4. The van der Waals surface area contributed by atoms with Gasteiger partial charge < -0.3 is 19.2 Å². The van der Waals surface area contributed by atoms with Gasteiger partial charge in [0.05, 0.1) is 0 Å². The predicted molar refractivity (Wildman–Crippen MR) is 417 cm³/mol. The molecule has 0 bridgehead atoms. The summed E-state index contributed by atoms with van der Waals surface area (Å²) in [5.74, 6) is 7.37. The molecule has 0 amide bonds. The van der Waals surface area contributed by atoms with E-state index in [1.807, 2.05) is 111 Å². The number of rotatable bonds is 34. The Kier molecular flexibility index (Phi) is 104. The third-order valence-corrected chi connectivity index (χ3v) is 14.5. The average Bonchev–Trinajstić information content (AvgIpc) is 2.66. The molecule has 0 aliphatic heterocycles. The maximum Gasteiger partial charge on any atom is 0.137 e. The summed E-state index contributed by atoms with van der Waals surface area (Å²) >= 11 is 0. The summed E-state index contributed by atoms with van der Waals surface area (Å²) in [5, 5.41) is 0. The van der Waals surface area contributed by atoms with Crippen molar-refractivity contribution in [1.29, 1.82) is 0 Å². The molecule has 0 aromatic carbocycles. The molecule has 0 spiro atoms. The van der Waals surface area contributed by atoms with Gasteiger partial charge in [-0.25, -0.2) is 0 Å². The van der Waals surface area contributed by atoms with Crippen molar-refractivity contribution in [3.8, 4) is 0 Å². The lowest BCUT2D eigenvalue weighted by Crippen LogP contribution is -2.18. The number of Topliss-reactive ketones (excluding diaryl/α,β-unsaturated/α-hetero) is 12. The molecule has 4 unspecified atom stereocenters. The van der Waals surface area contributed by atoms with Crippen molar-refractivity contribution in [2.75, 3.05) is 0 Å². The molecule has 0 fully saturated rings. The second kappa shape index (κ2) is 83.5. The largest absolute Gasteiger partial charge is 0.300 e. The van der Waals surface area contributed by atoms with Gasteiger partial charge in [0, 0.05) is 113 Å². The van der Waals surface area contributed by atoms with E-state index in [9.17, 15) is 57.5 Å². The fourth-order valence-electron chi connectivity index (χ4n) is 7.08. The van der Waals surface area contributed by atoms with Crippen molar-refractivity contribution in [1.82, 2.24) is 0 Å². The molecule has 0 saturated carbocycles. The summed E-state index contributed by atoms with van der Waals surface area (Å²) in [5.41, 5.74) is 0.0422. The zero-order valence-corrected chi connectivity index (χ0v) is 70.9. The molecule has 0 aromatic rings. The Morgan fingerprint density at radius 1 is 0.333 bits per heavy atom. The smallest absolute Gasteiger partial charge is 0.137 e. The van der Waals surface area contributed by atoms with Gasteiger partial charge in [-0.2, -0.15) is 0 Å². The summed E-state index contributed by atoms with van der Waals surface area (Å²) < 4.78 is 0. The van der Waals surface area contributed by atoms with Gasteiger partial charge in [0.1, 0.15) is 69.4 Å². The average molecular weight is 1370 g/mol. The predicted octanol–water partition coefficient (Wildman–Crippen LogP) is 24.4. The maximum absolute atomic E-state index is 10.8. The molecule has 576 valence electrons. The lowest BCUT2D eigenvalue weighted by molar-refractivity contribution is -0.126.